The van der Waals surface area contributed by atoms with Crippen molar-refractivity contribution in [2.24, 2.45) is 0 Å². The summed E-state index contributed by atoms with van der Waals surface area (Å²) in [6.45, 7) is 7.02. The van der Waals surface area contributed by atoms with Gasteiger partial charge in [-0.05, 0) is 19.4 Å². The molecule has 0 aliphatic carbocycles. The van der Waals surface area contributed by atoms with E-state index in [-0.39, 0.29) is 19.8 Å². The fraction of sp³-hybridized carbons (Fsp3) is 0.882. The highest BCUT2D eigenvalue weighted by atomic mass is 16.8. The fourth-order valence-electron chi connectivity index (χ4n) is 3.64. The molecule has 9 heteroatoms. The molecule has 0 unspecified atom stereocenters. The van der Waals surface area contributed by atoms with Gasteiger partial charge in [0, 0.05) is 13.5 Å². The zero-order chi connectivity index (χ0) is 19.1. The second-order valence-corrected chi connectivity index (χ2v) is 7.27. The molecule has 0 aromatic heterocycles. The van der Waals surface area contributed by atoms with Gasteiger partial charge in [-0.15, -0.1) is 0 Å². The Kier molecular flexibility index (Phi) is 6.02. The number of hydrogen-bond acceptors (Lipinski definition) is 9. The molecule has 3 heterocycles. The van der Waals surface area contributed by atoms with Crippen LogP contribution in [-0.4, -0.2) is 90.6 Å². The molecule has 9 nitrogen and oxygen atoms in total. The summed E-state index contributed by atoms with van der Waals surface area (Å²) in [6, 6.07) is 0. The zero-order valence-electron chi connectivity index (χ0n) is 15.2. The number of aliphatic hydroxyl groups is 3. The van der Waals surface area contributed by atoms with E-state index in [9.17, 15) is 15.3 Å². The lowest BCUT2D eigenvalue weighted by Gasteiger charge is -2.41. The summed E-state index contributed by atoms with van der Waals surface area (Å²) in [5.41, 5.74) is 0.394. The minimum Gasteiger partial charge on any atom is -0.394 e. The molecule has 0 bridgehead atoms. The van der Waals surface area contributed by atoms with E-state index < -0.39 is 54.8 Å². The third kappa shape index (κ3) is 3.82. The molecular weight excluding hydrogens is 348 g/mol. The molecule has 0 aromatic rings. The predicted octanol–water partition coefficient (Wildman–Crippen LogP) is -0.720. The zero-order valence-corrected chi connectivity index (χ0v) is 15.2. The van der Waals surface area contributed by atoms with Crippen LogP contribution in [0, 0.1) is 0 Å². The van der Waals surface area contributed by atoms with Crippen molar-refractivity contribution in [1.29, 1.82) is 0 Å². The van der Waals surface area contributed by atoms with Gasteiger partial charge in [0.1, 0.15) is 37.3 Å². The first kappa shape index (κ1) is 20.1. The largest absolute Gasteiger partial charge is 0.394 e. The van der Waals surface area contributed by atoms with E-state index in [1.54, 1.807) is 13.8 Å². The second-order valence-electron chi connectivity index (χ2n) is 7.27. The molecule has 0 saturated carbocycles. The van der Waals surface area contributed by atoms with E-state index in [1.807, 2.05) is 0 Å². The highest BCUT2D eigenvalue weighted by Crippen LogP contribution is 2.40. The van der Waals surface area contributed by atoms with Crippen LogP contribution < -0.4 is 0 Å². The predicted molar refractivity (Wildman–Crippen MR) is 87.0 cm³/mol. The van der Waals surface area contributed by atoms with Crippen LogP contribution in [0.4, 0.5) is 0 Å². The van der Waals surface area contributed by atoms with Crippen LogP contribution in [0.5, 0.6) is 0 Å². The van der Waals surface area contributed by atoms with E-state index in [2.05, 4.69) is 6.58 Å². The topological polar surface area (TPSA) is 116 Å². The number of methoxy groups -OCH3 is 1. The number of fused-ring (bicyclic) bond motifs is 1. The average Bonchev–Trinajstić information content (AvgIpc) is 3.04. The Morgan fingerprint density at radius 1 is 1.15 bits per heavy atom. The van der Waals surface area contributed by atoms with Crippen LogP contribution in [0.3, 0.4) is 0 Å². The SMILES string of the molecule is C=C1[C@@H](O)[C@H](OCOC)[C@@H](CO)O[C@@H]1C[C@H]1O[C@@H]2OC(C)(C)O[C@@H]2[C@H]1O. The summed E-state index contributed by atoms with van der Waals surface area (Å²) < 4.78 is 33.2. The van der Waals surface area contributed by atoms with Crippen molar-refractivity contribution in [2.75, 3.05) is 20.5 Å². The van der Waals surface area contributed by atoms with Gasteiger partial charge in [-0.2, -0.15) is 0 Å². The Balaban J connectivity index is 1.63. The Labute approximate surface area is 152 Å². The van der Waals surface area contributed by atoms with Gasteiger partial charge < -0.3 is 43.7 Å². The summed E-state index contributed by atoms with van der Waals surface area (Å²) in [5.74, 6) is -0.809. The van der Waals surface area contributed by atoms with Crippen LogP contribution in [0.15, 0.2) is 12.2 Å². The smallest absolute Gasteiger partial charge is 0.190 e. The lowest BCUT2D eigenvalue weighted by Crippen LogP contribution is -2.53. The van der Waals surface area contributed by atoms with Gasteiger partial charge in [-0.3, -0.25) is 0 Å². The van der Waals surface area contributed by atoms with Crippen molar-refractivity contribution in [3.05, 3.63) is 12.2 Å². The van der Waals surface area contributed by atoms with Crippen molar-refractivity contribution < 1.29 is 43.7 Å². The molecule has 150 valence electrons. The van der Waals surface area contributed by atoms with Gasteiger partial charge in [0.05, 0.1) is 18.8 Å². The van der Waals surface area contributed by atoms with Gasteiger partial charge in [0.25, 0.3) is 0 Å². The minimum absolute atomic E-state index is 0.0438. The van der Waals surface area contributed by atoms with Crippen LogP contribution in [0.2, 0.25) is 0 Å². The van der Waals surface area contributed by atoms with Gasteiger partial charge in [0.2, 0.25) is 0 Å². The Hall–Kier alpha value is -0.620. The highest BCUT2D eigenvalue weighted by Gasteiger charge is 2.55. The van der Waals surface area contributed by atoms with Crippen LogP contribution in [0.1, 0.15) is 20.3 Å². The third-order valence-electron chi connectivity index (χ3n) is 4.93. The number of aliphatic hydroxyl groups excluding tert-OH is 3. The molecule has 0 radical (unpaired) electrons. The molecule has 3 aliphatic heterocycles. The van der Waals surface area contributed by atoms with Crippen molar-refractivity contribution in [3.8, 4) is 0 Å². The molecule has 3 fully saturated rings. The van der Waals surface area contributed by atoms with E-state index in [4.69, 9.17) is 28.4 Å². The third-order valence-corrected chi connectivity index (χ3v) is 4.93. The molecular formula is C17H28O9. The summed E-state index contributed by atoms with van der Waals surface area (Å²) >= 11 is 0. The number of hydrogen-bond donors (Lipinski definition) is 3. The fourth-order valence-corrected chi connectivity index (χ4v) is 3.64. The Morgan fingerprint density at radius 2 is 1.88 bits per heavy atom. The molecule has 3 saturated heterocycles. The van der Waals surface area contributed by atoms with E-state index in [0.717, 1.165) is 0 Å². The molecule has 3 N–H and O–H groups in total. The van der Waals surface area contributed by atoms with Gasteiger partial charge >= 0.3 is 0 Å². The van der Waals surface area contributed by atoms with Crippen LogP contribution >= 0.6 is 0 Å². The van der Waals surface area contributed by atoms with Crippen molar-refractivity contribution in [1.82, 2.24) is 0 Å². The quantitative estimate of drug-likeness (QED) is 0.408. The summed E-state index contributed by atoms with van der Waals surface area (Å²) in [7, 11) is 1.46. The highest BCUT2D eigenvalue weighted by molar-refractivity contribution is 5.17. The van der Waals surface area contributed by atoms with Crippen LogP contribution in [0.25, 0.3) is 0 Å². The maximum Gasteiger partial charge on any atom is 0.190 e. The molecule has 0 amide bonds. The standard InChI is InChI=1S/C17H28O9/c1-8-9(23-11(6-18)14(12(8)19)22-7-21-4)5-10-13(20)15-16(24-10)26-17(2,3)25-15/h9-16,18-20H,1,5-7H2,2-4H3/t9-,10-,11-,12-,13+,14-,15-,16-/m1/s1. The molecule has 0 spiro atoms. The minimum atomic E-state index is -1.04. The molecule has 8 atom stereocenters. The van der Waals surface area contributed by atoms with Gasteiger partial charge in [0.15, 0.2) is 12.1 Å². The lowest BCUT2D eigenvalue weighted by atomic mass is 9.89. The Bertz CT molecular complexity index is 510. The Morgan fingerprint density at radius 3 is 2.50 bits per heavy atom. The van der Waals surface area contributed by atoms with E-state index in [1.165, 1.54) is 7.11 Å². The first-order chi connectivity index (χ1) is 12.3. The monoisotopic (exact) mass is 376 g/mol. The normalized spacial score (nSPS) is 45.1. The number of ether oxygens (including phenoxy) is 6. The van der Waals surface area contributed by atoms with E-state index >= 15 is 0 Å². The van der Waals surface area contributed by atoms with Crippen LogP contribution in [-0.2, 0) is 28.4 Å². The van der Waals surface area contributed by atoms with Gasteiger partial charge in [-0.25, -0.2) is 0 Å². The summed E-state index contributed by atoms with van der Waals surface area (Å²) in [5, 5.41) is 30.6. The van der Waals surface area contributed by atoms with Gasteiger partial charge in [-0.1, -0.05) is 6.58 Å². The molecule has 26 heavy (non-hydrogen) atoms. The first-order valence-electron chi connectivity index (χ1n) is 8.70. The average molecular weight is 376 g/mol. The maximum atomic E-state index is 10.5. The molecule has 3 rings (SSSR count). The first-order valence-corrected chi connectivity index (χ1v) is 8.70. The molecule has 0 aromatic carbocycles. The summed E-state index contributed by atoms with van der Waals surface area (Å²) in [6.07, 6.45) is -5.69. The lowest BCUT2D eigenvalue weighted by molar-refractivity contribution is -0.226. The van der Waals surface area contributed by atoms with Crippen molar-refractivity contribution in [3.63, 3.8) is 0 Å². The van der Waals surface area contributed by atoms with Crippen molar-refractivity contribution >= 4 is 0 Å². The van der Waals surface area contributed by atoms with Crippen molar-refractivity contribution in [2.45, 2.75) is 75.1 Å². The maximum absolute atomic E-state index is 10.5. The van der Waals surface area contributed by atoms with E-state index in [0.29, 0.717) is 5.57 Å². The number of rotatable bonds is 6. The summed E-state index contributed by atoms with van der Waals surface area (Å²) in [4.78, 5) is 0. The molecule has 3 aliphatic rings. The second kappa shape index (κ2) is 7.78.